The summed E-state index contributed by atoms with van der Waals surface area (Å²) in [6, 6.07) is 10.4. The second-order valence-corrected chi connectivity index (χ2v) is 5.89. The molecule has 1 aromatic carbocycles. The van der Waals surface area contributed by atoms with E-state index in [9.17, 15) is 0 Å². The summed E-state index contributed by atoms with van der Waals surface area (Å²) in [5.74, 6) is 0.539. The van der Waals surface area contributed by atoms with Gasteiger partial charge in [0.15, 0.2) is 0 Å². The highest BCUT2D eigenvalue weighted by molar-refractivity contribution is 6.31. The van der Waals surface area contributed by atoms with Crippen LogP contribution in [0.4, 0.5) is 0 Å². The second-order valence-electron chi connectivity index (χ2n) is 4.96. The summed E-state index contributed by atoms with van der Waals surface area (Å²) in [6.07, 6.45) is 4.11. The topological polar surface area (TPSA) is 12.9 Å². The summed E-state index contributed by atoms with van der Waals surface area (Å²) in [7, 11) is 0. The first-order valence-electron chi connectivity index (χ1n) is 6.40. The maximum absolute atomic E-state index is 6.47. The van der Waals surface area contributed by atoms with E-state index in [1.54, 1.807) is 12.4 Å². The van der Waals surface area contributed by atoms with Crippen molar-refractivity contribution in [2.45, 2.75) is 31.6 Å². The van der Waals surface area contributed by atoms with Crippen LogP contribution in [0.3, 0.4) is 0 Å². The van der Waals surface area contributed by atoms with E-state index >= 15 is 0 Å². The lowest BCUT2D eigenvalue weighted by atomic mass is 9.99. The molecular weight excluding hydrogens is 277 g/mol. The molecule has 0 spiro atoms. The zero-order chi connectivity index (χ0) is 13.8. The van der Waals surface area contributed by atoms with Crippen molar-refractivity contribution in [2.24, 2.45) is 0 Å². The van der Waals surface area contributed by atoms with Crippen molar-refractivity contribution in [3.63, 3.8) is 0 Å². The highest BCUT2D eigenvalue weighted by Gasteiger charge is 2.11. The molecule has 1 unspecified atom stereocenters. The van der Waals surface area contributed by atoms with Gasteiger partial charge in [-0.3, -0.25) is 4.98 Å². The highest BCUT2D eigenvalue weighted by atomic mass is 35.5. The van der Waals surface area contributed by atoms with Gasteiger partial charge in [-0.25, -0.2) is 0 Å². The Morgan fingerprint density at radius 3 is 2.26 bits per heavy atom. The molecule has 0 N–H and O–H groups in total. The van der Waals surface area contributed by atoms with Gasteiger partial charge in [0.1, 0.15) is 0 Å². The molecule has 1 heterocycles. The zero-order valence-electron chi connectivity index (χ0n) is 11.1. The number of nitrogens with zero attached hydrogens (tertiary/aromatic N) is 1. The monoisotopic (exact) mass is 293 g/mol. The Labute approximate surface area is 124 Å². The van der Waals surface area contributed by atoms with Crippen LogP contribution in [-0.4, -0.2) is 4.98 Å². The van der Waals surface area contributed by atoms with E-state index in [0.717, 1.165) is 11.1 Å². The first-order chi connectivity index (χ1) is 9.08. The number of rotatable bonds is 4. The van der Waals surface area contributed by atoms with Crippen LogP contribution < -0.4 is 0 Å². The molecule has 100 valence electrons. The van der Waals surface area contributed by atoms with Gasteiger partial charge in [-0.05, 0) is 35.1 Å². The molecule has 0 saturated heterocycles. The van der Waals surface area contributed by atoms with Crippen LogP contribution in [-0.2, 0) is 6.42 Å². The lowest BCUT2D eigenvalue weighted by Crippen LogP contribution is -1.98. The Bertz CT molecular complexity index is 535. The average molecular weight is 294 g/mol. The van der Waals surface area contributed by atoms with Crippen LogP contribution in [0.2, 0.25) is 5.02 Å². The molecule has 0 saturated carbocycles. The number of hydrogen-bond acceptors (Lipinski definition) is 1. The van der Waals surface area contributed by atoms with E-state index in [0.29, 0.717) is 17.4 Å². The van der Waals surface area contributed by atoms with Crippen molar-refractivity contribution < 1.29 is 0 Å². The largest absolute Gasteiger partial charge is 0.263 e. The molecule has 1 atom stereocenters. The van der Waals surface area contributed by atoms with Crippen molar-refractivity contribution in [2.75, 3.05) is 0 Å². The maximum Gasteiger partial charge on any atom is 0.0626 e. The SMILES string of the molecule is CC(C)c1ccc(C(Cl)Cc2ccncc2Cl)cc1. The first-order valence-corrected chi connectivity index (χ1v) is 7.21. The molecule has 0 fully saturated rings. The first kappa shape index (κ1) is 14.4. The van der Waals surface area contributed by atoms with Crippen molar-refractivity contribution in [1.29, 1.82) is 0 Å². The minimum Gasteiger partial charge on any atom is -0.263 e. The number of hydrogen-bond donors (Lipinski definition) is 0. The summed E-state index contributed by atoms with van der Waals surface area (Å²) >= 11 is 12.6. The van der Waals surface area contributed by atoms with Crippen molar-refractivity contribution in [3.05, 3.63) is 64.4 Å². The molecular formula is C16H17Cl2N. The van der Waals surface area contributed by atoms with Gasteiger partial charge in [-0.1, -0.05) is 49.7 Å². The lowest BCUT2D eigenvalue weighted by Gasteiger charge is -2.12. The van der Waals surface area contributed by atoms with Crippen LogP contribution in [0.5, 0.6) is 0 Å². The summed E-state index contributed by atoms with van der Waals surface area (Å²) in [6.45, 7) is 4.37. The third kappa shape index (κ3) is 3.71. The van der Waals surface area contributed by atoms with Crippen molar-refractivity contribution in [3.8, 4) is 0 Å². The molecule has 0 bridgehead atoms. The van der Waals surface area contributed by atoms with Gasteiger partial charge in [-0.2, -0.15) is 0 Å². The summed E-state index contributed by atoms with van der Waals surface area (Å²) < 4.78 is 0. The molecule has 1 aromatic heterocycles. The fraction of sp³-hybridized carbons (Fsp3) is 0.312. The number of pyridine rings is 1. The molecule has 1 nitrogen and oxygen atoms in total. The highest BCUT2D eigenvalue weighted by Crippen LogP contribution is 2.28. The number of aromatic nitrogens is 1. The Morgan fingerprint density at radius 2 is 1.68 bits per heavy atom. The number of alkyl halides is 1. The molecule has 0 aliphatic heterocycles. The third-order valence-corrected chi connectivity index (χ3v) is 3.97. The zero-order valence-corrected chi connectivity index (χ0v) is 12.6. The van der Waals surface area contributed by atoms with Crippen LogP contribution in [0.1, 0.15) is 41.8 Å². The predicted molar refractivity (Wildman–Crippen MR) is 82.1 cm³/mol. The maximum atomic E-state index is 6.47. The predicted octanol–water partition coefficient (Wildman–Crippen LogP) is 5.38. The molecule has 0 aliphatic rings. The van der Waals surface area contributed by atoms with Gasteiger partial charge in [0.05, 0.1) is 10.4 Å². The lowest BCUT2D eigenvalue weighted by molar-refractivity contribution is 0.860. The quantitative estimate of drug-likeness (QED) is 0.690. The van der Waals surface area contributed by atoms with Gasteiger partial charge in [0.2, 0.25) is 0 Å². The minimum absolute atomic E-state index is 0.0684. The minimum atomic E-state index is -0.0684. The van der Waals surface area contributed by atoms with Crippen LogP contribution >= 0.6 is 23.2 Å². The second kappa shape index (κ2) is 6.40. The van der Waals surface area contributed by atoms with Crippen LogP contribution in [0.15, 0.2) is 42.7 Å². The van der Waals surface area contributed by atoms with Gasteiger partial charge in [0, 0.05) is 12.4 Å². The molecule has 0 radical (unpaired) electrons. The number of halogens is 2. The van der Waals surface area contributed by atoms with E-state index in [1.807, 2.05) is 6.07 Å². The summed E-state index contributed by atoms with van der Waals surface area (Å²) in [5, 5.41) is 0.605. The third-order valence-electron chi connectivity index (χ3n) is 3.22. The fourth-order valence-corrected chi connectivity index (χ4v) is 2.48. The summed E-state index contributed by atoms with van der Waals surface area (Å²) in [4.78, 5) is 3.98. The summed E-state index contributed by atoms with van der Waals surface area (Å²) in [5.41, 5.74) is 3.48. The standard InChI is InChI=1S/C16H17Cl2N/c1-11(2)12-3-5-13(6-4-12)15(17)9-14-7-8-19-10-16(14)18/h3-8,10-11,15H,9H2,1-2H3. The van der Waals surface area contributed by atoms with E-state index < -0.39 is 0 Å². The normalized spacial score (nSPS) is 12.7. The van der Waals surface area contributed by atoms with Gasteiger partial charge in [0.25, 0.3) is 0 Å². The van der Waals surface area contributed by atoms with Crippen molar-refractivity contribution in [1.82, 2.24) is 4.98 Å². The molecule has 3 heteroatoms. The Kier molecular flexibility index (Phi) is 4.84. The fourth-order valence-electron chi connectivity index (χ4n) is 1.97. The Hall–Kier alpha value is -1.05. The molecule has 19 heavy (non-hydrogen) atoms. The Morgan fingerprint density at radius 1 is 1.05 bits per heavy atom. The van der Waals surface area contributed by atoms with Gasteiger partial charge >= 0.3 is 0 Å². The Balaban J connectivity index is 2.12. The van der Waals surface area contributed by atoms with Gasteiger partial charge in [-0.15, -0.1) is 11.6 Å². The smallest absolute Gasteiger partial charge is 0.0626 e. The van der Waals surface area contributed by atoms with E-state index in [2.05, 4.69) is 43.1 Å². The number of benzene rings is 1. The average Bonchev–Trinajstić information content (AvgIpc) is 2.41. The van der Waals surface area contributed by atoms with Crippen LogP contribution in [0.25, 0.3) is 0 Å². The van der Waals surface area contributed by atoms with E-state index in [1.165, 1.54) is 5.56 Å². The molecule has 2 rings (SSSR count). The van der Waals surface area contributed by atoms with E-state index in [4.69, 9.17) is 23.2 Å². The van der Waals surface area contributed by atoms with E-state index in [-0.39, 0.29) is 5.38 Å². The molecule has 2 aromatic rings. The molecule has 0 aliphatic carbocycles. The van der Waals surface area contributed by atoms with Crippen LogP contribution in [0, 0.1) is 0 Å². The molecule has 0 amide bonds. The van der Waals surface area contributed by atoms with Gasteiger partial charge < -0.3 is 0 Å². The van der Waals surface area contributed by atoms with Crippen molar-refractivity contribution >= 4 is 23.2 Å².